The third-order valence-electron chi connectivity index (χ3n) is 4.09. The van der Waals surface area contributed by atoms with Gasteiger partial charge in [-0.1, -0.05) is 72.8 Å². The largest absolute Gasteiger partial charge is 0.497 e. The van der Waals surface area contributed by atoms with E-state index in [4.69, 9.17) is 4.74 Å². The molecule has 3 rings (SSSR count). The average Bonchev–Trinajstić information content (AvgIpc) is 2.72. The Bertz CT molecular complexity index is 983. The molecule has 0 aliphatic rings. The van der Waals surface area contributed by atoms with Crippen molar-refractivity contribution in [3.63, 3.8) is 0 Å². The number of hydrogen-bond donors (Lipinski definition) is 1. The molecule has 1 atom stereocenters. The van der Waals surface area contributed by atoms with E-state index in [1.807, 2.05) is 72.8 Å². The van der Waals surface area contributed by atoms with Crippen molar-refractivity contribution in [3.05, 3.63) is 102 Å². The number of benzene rings is 3. The SMILES string of the molecule is COc1ccc(S(=O)(=O)NC(/C=C/c2ccccc2)c2ccccc2)cc1. The Morgan fingerprint density at radius 2 is 1.44 bits per heavy atom. The highest BCUT2D eigenvalue weighted by Gasteiger charge is 2.19. The van der Waals surface area contributed by atoms with E-state index < -0.39 is 16.1 Å². The molecule has 0 saturated carbocycles. The van der Waals surface area contributed by atoms with Crippen LogP contribution in [0, 0.1) is 0 Å². The van der Waals surface area contributed by atoms with Crippen LogP contribution in [0.1, 0.15) is 17.2 Å². The Labute approximate surface area is 160 Å². The van der Waals surface area contributed by atoms with Gasteiger partial charge >= 0.3 is 0 Å². The molecule has 3 aromatic rings. The van der Waals surface area contributed by atoms with Crippen LogP contribution in [0.5, 0.6) is 5.75 Å². The maximum absolute atomic E-state index is 12.8. The lowest BCUT2D eigenvalue weighted by molar-refractivity contribution is 0.414. The van der Waals surface area contributed by atoms with E-state index >= 15 is 0 Å². The third-order valence-corrected chi connectivity index (χ3v) is 5.55. The molecule has 5 heteroatoms. The Hall–Kier alpha value is -2.89. The molecule has 0 aliphatic carbocycles. The van der Waals surface area contributed by atoms with Gasteiger partial charge < -0.3 is 4.74 Å². The standard InChI is InChI=1S/C22H21NO3S/c1-26-20-13-15-21(16-14-20)27(24,25)23-22(19-10-6-3-7-11-19)17-12-18-8-4-2-5-9-18/h2-17,22-23H,1H3/b17-12+. The van der Waals surface area contributed by atoms with Crippen LogP contribution in [0.15, 0.2) is 95.9 Å². The van der Waals surface area contributed by atoms with Gasteiger partial charge in [0, 0.05) is 0 Å². The maximum atomic E-state index is 12.8. The van der Waals surface area contributed by atoms with Crippen molar-refractivity contribution in [1.82, 2.24) is 4.72 Å². The normalized spacial score (nSPS) is 12.8. The highest BCUT2D eigenvalue weighted by Crippen LogP contribution is 2.21. The fraction of sp³-hybridized carbons (Fsp3) is 0.0909. The summed E-state index contributed by atoms with van der Waals surface area (Å²) >= 11 is 0. The number of rotatable bonds is 7. The quantitative estimate of drug-likeness (QED) is 0.661. The van der Waals surface area contributed by atoms with Crippen LogP contribution in [-0.2, 0) is 10.0 Å². The fourth-order valence-corrected chi connectivity index (χ4v) is 3.82. The van der Waals surface area contributed by atoms with E-state index in [1.54, 1.807) is 19.2 Å². The number of ether oxygens (including phenoxy) is 1. The number of sulfonamides is 1. The first-order chi connectivity index (χ1) is 13.1. The topological polar surface area (TPSA) is 55.4 Å². The Morgan fingerprint density at radius 3 is 2.04 bits per heavy atom. The Balaban J connectivity index is 1.89. The van der Waals surface area contributed by atoms with Crippen molar-refractivity contribution in [3.8, 4) is 5.75 Å². The molecule has 0 heterocycles. The molecular formula is C22H21NO3S. The van der Waals surface area contributed by atoms with E-state index in [-0.39, 0.29) is 4.90 Å². The van der Waals surface area contributed by atoms with Crippen LogP contribution in [0.4, 0.5) is 0 Å². The van der Waals surface area contributed by atoms with Crippen molar-refractivity contribution in [2.75, 3.05) is 7.11 Å². The fourth-order valence-electron chi connectivity index (χ4n) is 2.64. The summed E-state index contributed by atoms with van der Waals surface area (Å²) in [4.78, 5) is 0.192. The summed E-state index contributed by atoms with van der Waals surface area (Å²) in [5, 5.41) is 0. The maximum Gasteiger partial charge on any atom is 0.241 e. The van der Waals surface area contributed by atoms with Crippen LogP contribution in [0.2, 0.25) is 0 Å². The summed E-state index contributed by atoms with van der Waals surface area (Å²) in [7, 11) is -2.15. The minimum atomic E-state index is -3.69. The second-order valence-corrected chi connectivity index (χ2v) is 7.67. The predicted octanol–water partition coefficient (Wildman–Crippen LogP) is 4.43. The zero-order valence-electron chi connectivity index (χ0n) is 14.9. The number of hydrogen-bond acceptors (Lipinski definition) is 3. The van der Waals surface area contributed by atoms with Gasteiger partial charge in [-0.2, -0.15) is 4.72 Å². The first-order valence-corrected chi connectivity index (χ1v) is 10.0. The molecule has 0 fully saturated rings. The van der Waals surface area contributed by atoms with Gasteiger partial charge in [-0.3, -0.25) is 0 Å². The predicted molar refractivity (Wildman–Crippen MR) is 108 cm³/mol. The molecule has 0 spiro atoms. The number of nitrogens with one attached hydrogen (secondary N) is 1. The van der Waals surface area contributed by atoms with Crippen molar-refractivity contribution in [2.45, 2.75) is 10.9 Å². The second kappa shape index (κ2) is 8.66. The van der Waals surface area contributed by atoms with Crippen LogP contribution in [0.3, 0.4) is 0 Å². The van der Waals surface area contributed by atoms with E-state index in [0.29, 0.717) is 5.75 Å². The van der Waals surface area contributed by atoms with Crippen LogP contribution in [0.25, 0.3) is 6.08 Å². The highest BCUT2D eigenvalue weighted by atomic mass is 32.2. The highest BCUT2D eigenvalue weighted by molar-refractivity contribution is 7.89. The molecule has 1 unspecified atom stereocenters. The smallest absolute Gasteiger partial charge is 0.241 e. The van der Waals surface area contributed by atoms with Crippen LogP contribution < -0.4 is 9.46 Å². The van der Waals surface area contributed by atoms with Gasteiger partial charge in [-0.05, 0) is 35.4 Å². The molecule has 0 aromatic heterocycles. The zero-order chi connectivity index (χ0) is 19.1. The molecular weight excluding hydrogens is 358 g/mol. The second-order valence-electron chi connectivity index (χ2n) is 5.95. The minimum absolute atomic E-state index is 0.192. The number of methoxy groups -OCH3 is 1. The molecule has 0 bridgehead atoms. The summed E-state index contributed by atoms with van der Waals surface area (Å²) in [5.74, 6) is 0.609. The lowest BCUT2D eigenvalue weighted by atomic mass is 10.1. The van der Waals surface area contributed by atoms with Crippen LogP contribution >= 0.6 is 0 Å². The first kappa shape index (κ1) is 18.9. The molecule has 27 heavy (non-hydrogen) atoms. The summed E-state index contributed by atoms with van der Waals surface area (Å²) in [6.07, 6.45) is 3.76. The molecule has 0 radical (unpaired) electrons. The van der Waals surface area contributed by atoms with Gasteiger partial charge in [-0.25, -0.2) is 8.42 Å². The minimum Gasteiger partial charge on any atom is -0.497 e. The van der Waals surface area contributed by atoms with E-state index in [0.717, 1.165) is 11.1 Å². The van der Waals surface area contributed by atoms with E-state index in [1.165, 1.54) is 12.1 Å². The molecule has 3 aromatic carbocycles. The molecule has 0 amide bonds. The third kappa shape index (κ3) is 5.06. The van der Waals surface area contributed by atoms with Crippen molar-refractivity contribution < 1.29 is 13.2 Å². The van der Waals surface area contributed by atoms with Crippen molar-refractivity contribution in [2.24, 2.45) is 0 Å². The summed E-state index contributed by atoms with van der Waals surface area (Å²) in [6, 6.07) is 25.1. The lowest BCUT2D eigenvalue weighted by Gasteiger charge is -2.16. The van der Waals surface area contributed by atoms with Crippen LogP contribution in [-0.4, -0.2) is 15.5 Å². The van der Waals surface area contributed by atoms with Gasteiger partial charge in [0.25, 0.3) is 0 Å². The first-order valence-electron chi connectivity index (χ1n) is 8.53. The van der Waals surface area contributed by atoms with Gasteiger partial charge in [0.15, 0.2) is 0 Å². The Kier molecular flexibility index (Phi) is 6.06. The molecule has 4 nitrogen and oxygen atoms in total. The van der Waals surface area contributed by atoms with Gasteiger partial charge in [0.05, 0.1) is 18.0 Å². The Morgan fingerprint density at radius 1 is 0.852 bits per heavy atom. The monoisotopic (exact) mass is 379 g/mol. The lowest BCUT2D eigenvalue weighted by Crippen LogP contribution is -2.27. The van der Waals surface area contributed by atoms with Crippen molar-refractivity contribution in [1.29, 1.82) is 0 Å². The summed E-state index contributed by atoms with van der Waals surface area (Å²) in [6.45, 7) is 0. The molecule has 0 aliphatic heterocycles. The molecule has 138 valence electrons. The molecule has 0 saturated heterocycles. The van der Waals surface area contributed by atoms with Gasteiger partial charge in [0.1, 0.15) is 5.75 Å². The zero-order valence-corrected chi connectivity index (χ0v) is 15.8. The van der Waals surface area contributed by atoms with Gasteiger partial charge in [-0.15, -0.1) is 0 Å². The summed E-state index contributed by atoms with van der Waals surface area (Å²) < 4.78 is 33.6. The molecule has 1 N–H and O–H groups in total. The average molecular weight is 379 g/mol. The van der Waals surface area contributed by atoms with Gasteiger partial charge in [0.2, 0.25) is 10.0 Å². The van der Waals surface area contributed by atoms with E-state index in [9.17, 15) is 8.42 Å². The summed E-state index contributed by atoms with van der Waals surface area (Å²) in [5.41, 5.74) is 1.86. The van der Waals surface area contributed by atoms with Crippen molar-refractivity contribution >= 4 is 16.1 Å². The van der Waals surface area contributed by atoms with E-state index in [2.05, 4.69) is 4.72 Å².